The highest BCUT2D eigenvalue weighted by molar-refractivity contribution is 5.85. The Morgan fingerprint density at radius 2 is 1.86 bits per heavy atom. The van der Waals surface area contributed by atoms with E-state index < -0.39 is 0 Å². The van der Waals surface area contributed by atoms with Crippen LogP contribution >= 0.6 is 0 Å². The van der Waals surface area contributed by atoms with Crippen LogP contribution in [0.1, 0.15) is 51.7 Å². The molecule has 28 heavy (non-hydrogen) atoms. The van der Waals surface area contributed by atoms with E-state index in [-0.39, 0.29) is 35.3 Å². The number of nitrogens with one attached hydrogen (secondary N) is 1. The molecule has 1 aromatic heterocycles. The molecule has 1 aliphatic rings. The van der Waals surface area contributed by atoms with E-state index in [1.165, 1.54) is 6.07 Å². The minimum absolute atomic E-state index is 0.0660. The number of benzene rings is 1. The van der Waals surface area contributed by atoms with Gasteiger partial charge < -0.3 is 19.8 Å². The van der Waals surface area contributed by atoms with Crippen molar-refractivity contribution in [3.05, 3.63) is 39.7 Å². The first-order valence-corrected chi connectivity index (χ1v) is 9.79. The van der Waals surface area contributed by atoms with E-state index in [2.05, 4.69) is 38.3 Å². The summed E-state index contributed by atoms with van der Waals surface area (Å²) in [5.41, 5.74) is 1.88. The molecule has 0 atom stereocenters. The predicted octanol–water partition coefficient (Wildman–Crippen LogP) is 2.19. The second kappa shape index (κ2) is 7.24. The number of aryl methyl sites for hydroxylation is 2. The Balaban J connectivity index is 1.68. The predicted molar refractivity (Wildman–Crippen MR) is 109 cm³/mol. The first-order valence-electron chi connectivity index (χ1n) is 9.79. The van der Waals surface area contributed by atoms with Gasteiger partial charge in [0.2, 0.25) is 0 Å². The van der Waals surface area contributed by atoms with Gasteiger partial charge in [-0.05, 0) is 59.2 Å². The molecule has 0 saturated carbocycles. The van der Waals surface area contributed by atoms with Crippen LogP contribution in [0, 0.1) is 13.8 Å². The number of fused-ring (bicyclic) bond motifs is 1. The van der Waals surface area contributed by atoms with Crippen molar-refractivity contribution < 1.29 is 19.3 Å². The van der Waals surface area contributed by atoms with Crippen LogP contribution in [0.25, 0.3) is 11.0 Å². The number of nitrogens with two attached hydrogens (primary N) is 1. The van der Waals surface area contributed by atoms with E-state index in [9.17, 15) is 9.59 Å². The quantitative estimate of drug-likeness (QED) is 0.788. The van der Waals surface area contributed by atoms with Crippen LogP contribution < -0.4 is 21.0 Å². The fourth-order valence-corrected chi connectivity index (χ4v) is 4.69. The van der Waals surface area contributed by atoms with Gasteiger partial charge in [-0.15, -0.1) is 0 Å². The van der Waals surface area contributed by atoms with Crippen LogP contribution in [0.5, 0.6) is 5.75 Å². The molecule has 0 unspecified atom stereocenters. The van der Waals surface area contributed by atoms with E-state index >= 15 is 0 Å². The zero-order chi connectivity index (χ0) is 20.7. The summed E-state index contributed by atoms with van der Waals surface area (Å²) in [5.74, 6) is 0.415. The Bertz CT molecular complexity index is 943. The molecular weight excluding hydrogens is 356 g/mol. The van der Waals surface area contributed by atoms with Crippen molar-refractivity contribution >= 4 is 16.9 Å². The first-order chi connectivity index (χ1) is 13.0. The third-order valence-electron chi connectivity index (χ3n) is 5.37. The summed E-state index contributed by atoms with van der Waals surface area (Å²) in [6.45, 7) is 12.5. The Hall–Kier alpha value is -2.34. The number of rotatable bonds is 4. The van der Waals surface area contributed by atoms with Crippen molar-refractivity contribution in [1.82, 2.24) is 5.32 Å². The molecule has 0 spiro atoms. The number of carbonyl (C=O) groups excluding carboxylic acids is 1. The maximum Gasteiger partial charge on any atom is 0.336 e. The van der Waals surface area contributed by atoms with Crippen molar-refractivity contribution in [3.63, 3.8) is 0 Å². The molecule has 1 amide bonds. The van der Waals surface area contributed by atoms with Crippen molar-refractivity contribution in [2.75, 3.05) is 6.61 Å². The lowest BCUT2D eigenvalue weighted by Crippen LogP contribution is -3.06. The summed E-state index contributed by atoms with van der Waals surface area (Å²) >= 11 is 0. The summed E-state index contributed by atoms with van der Waals surface area (Å²) < 4.78 is 11.1. The Labute approximate surface area is 165 Å². The van der Waals surface area contributed by atoms with Crippen molar-refractivity contribution in [1.29, 1.82) is 0 Å². The van der Waals surface area contributed by atoms with Gasteiger partial charge in [-0.25, -0.2) is 4.79 Å². The first kappa shape index (κ1) is 20.4. The average Bonchev–Trinajstić information content (AvgIpc) is 2.51. The van der Waals surface area contributed by atoms with E-state index in [1.54, 1.807) is 0 Å². The highest BCUT2D eigenvalue weighted by Crippen LogP contribution is 2.28. The maximum atomic E-state index is 12.5. The minimum atomic E-state index is -0.387. The molecular formula is C22H31N2O4+. The highest BCUT2D eigenvalue weighted by atomic mass is 16.5. The molecule has 1 aliphatic heterocycles. The second-order valence-electron chi connectivity index (χ2n) is 9.40. The summed E-state index contributed by atoms with van der Waals surface area (Å²) in [6, 6.07) is 5.28. The Morgan fingerprint density at radius 1 is 1.21 bits per heavy atom. The standard InChI is InChI=1S/C22H30N2O4/c1-13-9-19(26)28-20-14(2)17(8-7-16(13)20)27-12-18(25)23-15-10-21(3,4)24-22(5,6)11-15/h7-9,15,24H,10-12H2,1-6H3,(H,23,25)/p+1. The molecule has 6 heteroatoms. The van der Waals surface area contributed by atoms with E-state index in [0.29, 0.717) is 11.3 Å². The van der Waals surface area contributed by atoms with Gasteiger partial charge >= 0.3 is 5.63 Å². The molecule has 3 rings (SSSR count). The van der Waals surface area contributed by atoms with Gasteiger partial charge in [0.15, 0.2) is 6.61 Å². The number of quaternary nitrogens is 1. The molecule has 1 fully saturated rings. The number of amides is 1. The van der Waals surface area contributed by atoms with Gasteiger partial charge in [0.1, 0.15) is 11.3 Å². The number of ether oxygens (including phenoxy) is 1. The van der Waals surface area contributed by atoms with Crippen LogP contribution in [0.4, 0.5) is 0 Å². The Kier molecular flexibility index (Phi) is 5.28. The summed E-state index contributed by atoms with van der Waals surface area (Å²) in [4.78, 5) is 24.2. The molecule has 2 heterocycles. The number of hydrogen-bond acceptors (Lipinski definition) is 4. The SMILES string of the molecule is Cc1cc(=O)oc2c(C)c(OCC(=O)NC3CC(C)(C)[NH2+]C(C)(C)C3)ccc12. The third-order valence-corrected chi connectivity index (χ3v) is 5.37. The van der Waals surface area contributed by atoms with E-state index in [1.807, 2.05) is 26.0 Å². The van der Waals surface area contributed by atoms with Gasteiger partial charge in [0.05, 0.1) is 11.1 Å². The lowest BCUT2D eigenvalue weighted by Gasteiger charge is -2.43. The maximum absolute atomic E-state index is 12.5. The molecule has 1 aromatic carbocycles. The van der Waals surface area contributed by atoms with Crippen LogP contribution in [-0.2, 0) is 4.79 Å². The largest absolute Gasteiger partial charge is 0.483 e. The lowest BCUT2D eigenvalue weighted by molar-refractivity contribution is -0.787. The van der Waals surface area contributed by atoms with E-state index in [4.69, 9.17) is 9.15 Å². The van der Waals surface area contributed by atoms with Gasteiger partial charge in [0, 0.05) is 35.9 Å². The molecule has 2 aromatic rings. The Morgan fingerprint density at radius 3 is 2.50 bits per heavy atom. The number of piperidine rings is 1. The van der Waals surface area contributed by atoms with Gasteiger partial charge in [-0.3, -0.25) is 4.79 Å². The molecule has 3 N–H and O–H groups in total. The smallest absolute Gasteiger partial charge is 0.336 e. The van der Waals surface area contributed by atoms with Gasteiger partial charge in [-0.2, -0.15) is 0 Å². The van der Waals surface area contributed by atoms with Crippen molar-refractivity contribution in [2.24, 2.45) is 0 Å². The fourth-order valence-electron chi connectivity index (χ4n) is 4.69. The van der Waals surface area contributed by atoms with E-state index in [0.717, 1.165) is 29.4 Å². The topological polar surface area (TPSA) is 85.1 Å². The third kappa shape index (κ3) is 4.55. The molecule has 0 aliphatic carbocycles. The van der Waals surface area contributed by atoms with Crippen LogP contribution in [0.3, 0.4) is 0 Å². The van der Waals surface area contributed by atoms with Crippen LogP contribution in [-0.4, -0.2) is 29.6 Å². The summed E-state index contributed by atoms with van der Waals surface area (Å²) in [7, 11) is 0. The zero-order valence-corrected chi connectivity index (χ0v) is 17.6. The van der Waals surface area contributed by atoms with Crippen molar-refractivity contribution in [2.45, 2.75) is 71.5 Å². The second-order valence-corrected chi connectivity index (χ2v) is 9.40. The molecule has 0 radical (unpaired) electrons. The minimum Gasteiger partial charge on any atom is -0.483 e. The summed E-state index contributed by atoms with van der Waals surface area (Å²) in [5, 5.41) is 6.37. The number of carbonyl (C=O) groups is 1. The monoisotopic (exact) mass is 387 g/mol. The van der Waals surface area contributed by atoms with Gasteiger partial charge in [0.25, 0.3) is 5.91 Å². The number of hydrogen-bond donors (Lipinski definition) is 2. The molecule has 0 bridgehead atoms. The molecule has 1 saturated heterocycles. The summed E-state index contributed by atoms with van der Waals surface area (Å²) in [6.07, 6.45) is 1.84. The normalized spacial score (nSPS) is 18.8. The fraction of sp³-hybridized carbons (Fsp3) is 0.545. The average molecular weight is 388 g/mol. The zero-order valence-electron chi connectivity index (χ0n) is 17.6. The molecule has 6 nitrogen and oxygen atoms in total. The van der Waals surface area contributed by atoms with Crippen molar-refractivity contribution in [3.8, 4) is 5.75 Å². The highest BCUT2D eigenvalue weighted by Gasteiger charge is 2.42. The lowest BCUT2D eigenvalue weighted by atomic mass is 9.79. The van der Waals surface area contributed by atoms with Gasteiger partial charge in [-0.1, -0.05) is 0 Å². The van der Waals surface area contributed by atoms with Crippen LogP contribution in [0.15, 0.2) is 27.4 Å². The molecule has 152 valence electrons. The van der Waals surface area contributed by atoms with Crippen LogP contribution in [0.2, 0.25) is 0 Å².